The quantitative estimate of drug-likeness (QED) is 0.575. The van der Waals surface area contributed by atoms with Crippen molar-refractivity contribution in [2.75, 3.05) is 26.2 Å². The smallest absolute Gasteiger partial charge is 0.256 e. The molecule has 0 aliphatic carbocycles. The van der Waals surface area contributed by atoms with E-state index in [0.717, 1.165) is 45.1 Å². The molecule has 1 unspecified atom stereocenters. The van der Waals surface area contributed by atoms with E-state index in [9.17, 15) is 4.79 Å². The lowest BCUT2D eigenvalue weighted by Crippen LogP contribution is -2.49. The van der Waals surface area contributed by atoms with Crippen molar-refractivity contribution in [1.29, 1.82) is 0 Å². The van der Waals surface area contributed by atoms with E-state index in [-0.39, 0.29) is 11.9 Å². The summed E-state index contributed by atoms with van der Waals surface area (Å²) in [6.07, 6.45) is 0. The Labute approximate surface area is 179 Å². The Hall–Kier alpha value is -1.53. The molecule has 0 radical (unpaired) electrons. The van der Waals surface area contributed by atoms with Gasteiger partial charge in [0, 0.05) is 48.9 Å². The highest BCUT2D eigenvalue weighted by Crippen LogP contribution is 2.37. The first-order chi connectivity index (χ1) is 13.4. The van der Waals surface area contributed by atoms with Crippen molar-refractivity contribution < 1.29 is 4.79 Å². The average Bonchev–Trinajstić information content (AvgIpc) is 3.18. The van der Waals surface area contributed by atoms with Crippen molar-refractivity contribution >= 4 is 51.3 Å². The number of thiophene rings is 1. The van der Waals surface area contributed by atoms with Gasteiger partial charge in [0.2, 0.25) is 0 Å². The fourth-order valence-electron chi connectivity index (χ4n) is 3.98. The normalized spacial score (nSPS) is 16.7. The highest BCUT2D eigenvalue weighted by atomic mass is 35.5. The van der Waals surface area contributed by atoms with Gasteiger partial charge in [-0.25, -0.2) is 0 Å². The molecule has 1 atom stereocenters. The molecule has 1 N–H and O–H groups in total. The first-order valence-electron chi connectivity index (χ1n) is 9.42. The minimum atomic E-state index is 0.0933. The molecule has 0 spiro atoms. The number of benzene rings is 1. The Morgan fingerprint density at radius 3 is 2.54 bits per heavy atom. The Morgan fingerprint density at radius 1 is 1.18 bits per heavy atom. The average molecular weight is 436 g/mol. The van der Waals surface area contributed by atoms with Crippen LogP contribution in [0.25, 0.3) is 10.9 Å². The van der Waals surface area contributed by atoms with Gasteiger partial charge in [0.05, 0.1) is 19.8 Å². The Morgan fingerprint density at radius 2 is 1.89 bits per heavy atom. The number of fused-ring (bicyclic) bond motifs is 1. The van der Waals surface area contributed by atoms with Crippen molar-refractivity contribution in [1.82, 2.24) is 14.8 Å². The minimum absolute atomic E-state index is 0.0933. The van der Waals surface area contributed by atoms with Crippen LogP contribution in [0, 0.1) is 13.8 Å². The van der Waals surface area contributed by atoms with Gasteiger partial charge in [0.15, 0.2) is 0 Å². The number of nitrogens with zero attached hydrogens (tertiary/aromatic N) is 2. The topological polar surface area (TPSA) is 39.3 Å². The number of piperazine rings is 1. The van der Waals surface area contributed by atoms with E-state index < -0.39 is 0 Å². The van der Waals surface area contributed by atoms with Gasteiger partial charge in [0.1, 0.15) is 0 Å². The molecule has 28 heavy (non-hydrogen) atoms. The van der Waals surface area contributed by atoms with Gasteiger partial charge >= 0.3 is 0 Å². The van der Waals surface area contributed by atoms with E-state index in [1.54, 1.807) is 0 Å². The van der Waals surface area contributed by atoms with Gasteiger partial charge in [-0.1, -0.05) is 35.3 Å². The first-order valence-corrected chi connectivity index (χ1v) is 11.0. The predicted octanol–water partition coefficient (Wildman–Crippen LogP) is 5.67. The molecule has 7 heteroatoms. The molecule has 3 aromatic rings. The number of hydrogen-bond acceptors (Lipinski definition) is 3. The van der Waals surface area contributed by atoms with Crippen LogP contribution in [0.5, 0.6) is 0 Å². The molecular weight excluding hydrogens is 413 g/mol. The number of amides is 1. The van der Waals surface area contributed by atoms with Crippen LogP contribution in [0.4, 0.5) is 0 Å². The summed E-state index contributed by atoms with van der Waals surface area (Å²) in [5.41, 5.74) is 5.08. The zero-order valence-corrected chi connectivity index (χ0v) is 18.5. The monoisotopic (exact) mass is 435 g/mol. The van der Waals surface area contributed by atoms with Crippen LogP contribution in [0.1, 0.15) is 40.1 Å². The fourth-order valence-corrected chi connectivity index (χ4v) is 5.61. The molecule has 1 aliphatic heterocycles. The van der Waals surface area contributed by atoms with Gasteiger partial charge in [-0.15, -0.1) is 11.3 Å². The molecule has 148 valence electrons. The molecule has 4 rings (SSSR count). The maximum Gasteiger partial charge on any atom is 0.256 e. The van der Waals surface area contributed by atoms with Crippen LogP contribution in [-0.2, 0) is 0 Å². The van der Waals surface area contributed by atoms with Gasteiger partial charge in [-0.05, 0) is 38.5 Å². The highest BCUT2D eigenvalue weighted by molar-refractivity contribution is 7.20. The number of H-pyrrole nitrogens is 1. The van der Waals surface area contributed by atoms with E-state index in [1.807, 2.05) is 30.0 Å². The van der Waals surface area contributed by atoms with Crippen molar-refractivity contribution in [3.63, 3.8) is 0 Å². The zero-order valence-electron chi connectivity index (χ0n) is 16.2. The standard InChI is InChI=1S/C21H23Cl2N3OS/c1-12-13(2)24-19-15(12)5-4-6-16(19)21(27)26-9-7-25(8-10-26)14(3)17-11-18(22)28-20(17)23/h4-6,11,14,24H,7-10H2,1-3H3. The largest absolute Gasteiger partial charge is 0.358 e. The summed E-state index contributed by atoms with van der Waals surface area (Å²) in [5.74, 6) is 0.0933. The summed E-state index contributed by atoms with van der Waals surface area (Å²) >= 11 is 13.8. The van der Waals surface area contributed by atoms with Crippen molar-refractivity contribution in [3.8, 4) is 0 Å². The molecule has 0 bridgehead atoms. The lowest BCUT2D eigenvalue weighted by Gasteiger charge is -2.38. The summed E-state index contributed by atoms with van der Waals surface area (Å²) < 4.78 is 1.46. The number of rotatable bonds is 3. The van der Waals surface area contributed by atoms with Gasteiger partial charge < -0.3 is 9.88 Å². The van der Waals surface area contributed by atoms with Crippen molar-refractivity contribution in [2.45, 2.75) is 26.8 Å². The zero-order chi connectivity index (χ0) is 20.0. The molecular formula is C21H23Cl2N3OS. The second kappa shape index (κ2) is 7.71. The lowest BCUT2D eigenvalue weighted by atomic mass is 10.1. The fraction of sp³-hybridized carbons (Fsp3) is 0.381. The molecule has 1 fully saturated rings. The number of nitrogens with one attached hydrogen (secondary N) is 1. The van der Waals surface area contributed by atoms with Crippen LogP contribution in [0.2, 0.25) is 8.67 Å². The van der Waals surface area contributed by atoms with Crippen LogP contribution < -0.4 is 0 Å². The summed E-state index contributed by atoms with van der Waals surface area (Å²) in [7, 11) is 0. The first kappa shape index (κ1) is 19.8. The maximum absolute atomic E-state index is 13.2. The third kappa shape index (κ3) is 3.45. The molecule has 1 amide bonds. The number of aromatic amines is 1. The van der Waals surface area contributed by atoms with Gasteiger partial charge in [0.25, 0.3) is 5.91 Å². The van der Waals surface area contributed by atoms with Crippen LogP contribution >= 0.6 is 34.5 Å². The number of aromatic nitrogens is 1. The second-order valence-electron chi connectivity index (χ2n) is 7.39. The van der Waals surface area contributed by atoms with Crippen LogP contribution in [0.15, 0.2) is 24.3 Å². The maximum atomic E-state index is 13.2. The van der Waals surface area contributed by atoms with E-state index in [4.69, 9.17) is 23.2 Å². The van der Waals surface area contributed by atoms with E-state index in [2.05, 4.69) is 29.8 Å². The molecule has 0 saturated carbocycles. The van der Waals surface area contributed by atoms with E-state index in [1.165, 1.54) is 16.9 Å². The number of carbonyl (C=O) groups excluding carboxylic acids is 1. The highest BCUT2D eigenvalue weighted by Gasteiger charge is 2.28. The molecule has 2 aromatic heterocycles. The number of carbonyl (C=O) groups is 1. The minimum Gasteiger partial charge on any atom is -0.358 e. The molecule has 1 saturated heterocycles. The molecule has 4 nitrogen and oxygen atoms in total. The summed E-state index contributed by atoms with van der Waals surface area (Å²) in [5, 5.41) is 1.12. The number of aryl methyl sites for hydroxylation is 2. The SMILES string of the molecule is Cc1[nH]c2c(C(=O)N3CCN(C(C)c4cc(Cl)sc4Cl)CC3)cccc2c1C. The van der Waals surface area contributed by atoms with E-state index >= 15 is 0 Å². The number of hydrogen-bond donors (Lipinski definition) is 1. The molecule has 1 aliphatic rings. The molecule has 3 heterocycles. The summed E-state index contributed by atoms with van der Waals surface area (Å²) in [6.45, 7) is 9.31. The van der Waals surface area contributed by atoms with Crippen LogP contribution in [0.3, 0.4) is 0 Å². The third-order valence-electron chi connectivity index (χ3n) is 5.86. The Kier molecular flexibility index (Phi) is 5.45. The third-order valence-corrected chi connectivity index (χ3v) is 7.37. The Bertz CT molecular complexity index is 1030. The van der Waals surface area contributed by atoms with Crippen molar-refractivity contribution in [3.05, 3.63) is 55.3 Å². The van der Waals surface area contributed by atoms with Crippen LogP contribution in [-0.4, -0.2) is 46.9 Å². The second-order valence-corrected chi connectivity index (χ2v) is 9.67. The number of para-hydroxylation sites is 1. The van der Waals surface area contributed by atoms with Gasteiger partial charge in [-0.2, -0.15) is 0 Å². The van der Waals surface area contributed by atoms with E-state index in [0.29, 0.717) is 17.4 Å². The predicted molar refractivity (Wildman–Crippen MR) is 118 cm³/mol. The lowest BCUT2D eigenvalue weighted by molar-refractivity contribution is 0.0584. The van der Waals surface area contributed by atoms with Crippen molar-refractivity contribution in [2.24, 2.45) is 0 Å². The summed E-state index contributed by atoms with van der Waals surface area (Å²) in [6, 6.07) is 8.09. The summed E-state index contributed by atoms with van der Waals surface area (Å²) in [4.78, 5) is 20.9. The van der Waals surface area contributed by atoms with Gasteiger partial charge in [-0.3, -0.25) is 9.69 Å². The number of halogens is 2. The Balaban J connectivity index is 1.49. The molecule has 1 aromatic carbocycles.